The Morgan fingerprint density at radius 1 is 0.458 bits per heavy atom. The fraction of sp³-hybridized carbons (Fsp3) is 0.0238. The van der Waals surface area contributed by atoms with E-state index in [2.05, 4.69) is 26.9 Å². The van der Waals surface area contributed by atoms with Gasteiger partial charge in [-0.15, -0.1) is 0 Å². The van der Waals surface area contributed by atoms with E-state index in [1.165, 1.54) is 24.3 Å². The second-order valence-corrected chi connectivity index (χ2v) is 11.6. The Morgan fingerprint density at radius 3 is 1.31 bits per heavy atom. The van der Waals surface area contributed by atoms with E-state index in [1.54, 1.807) is 12.1 Å². The number of anilines is 2. The molecule has 7 aromatic rings. The van der Waals surface area contributed by atoms with Crippen LogP contribution in [0.4, 0.5) is 20.2 Å². The predicted molar refractivity (Wildman–Crippen MR) is 190 cm³/mol. The Kier molecular flexibility index (Phi) is 7.59. The maximum Gasteiger partial charge on any atom is 0.170 e. The molecule has 0 atom stereocenters. The third kappa shape index (κ3) is 5.33. The van der Waals surface area contributed by atoms with Crippen LogP contribution in [-0.2, 0) is 0 Å². The van der Waals surface area contributed by atoms with Gasteiger partial charge >= 0.3 is 0 Å². The number of H-pyrrole nitrogens is 1. The molecule has 0 saturated carbocycles. The minimum Gasteiger partial charge on any atom is -0.338 e. The van der Waals surface area contributed by atoms with E-state index in [9.17, 15) is 0 Å². The van der Waals surface area contributed by atoms with Crippen LogP contribution in [0.2, 0.25) is 0 Å². The van der Waals surface area contributed by atoms with Crippen molar-refractivity contribution in [3.8, 4) is 22.5 Å². The van der Waals surface area contributed by atoms with Gasteiger partial charge in [0.15, 0.2) is 12.0 Å². The standard InChI is InChI=1S/C42H30F2N4/c43-33-23-13-25-35(27-33)47-39(31-19-9-3-10-20-31)40(32-21-11-4-12-22-32)48(36-26-14-24-34(44)28-36)42(47)41-45-37(29-15-5-1-6-16-29)38(46-41)30-17-7-2-8-18-30/h1-28,42H,(H,45,46). The van der Waals surface area contributed by atoms with Crippen LogP contribution >= 0.6 is 0 Å². The predicted octanol–water partition coefficient (Wildman–Crippen LogP) is 10.6. The molecule has 0 bridgehead atoms. The summed E-state index contributed by atoms with van der Waals surface area (Å²) in [5.41, 5.74) is 8.32. The van der Waals surface area contributed by atoms with Crippen molar-refractivity contribution < 1.29 is 8.78 Å². The number of aromatic amines is 1. The lowest BCUT2D eigenvalue weighted by molar-refractivity contribution is 0.623. The molecule has 1 aliphatic rings. The van der Waals surface area contributed by atoms with Crippen molar-refractivity contribution >= 4 is 22.8 Å². The Hall–Kier alpha value is -6.27. The summed E-state index contributed by atoms with van der Waals surface area (Å²) in [6.07, 6.45) is -0.668. The number of nitrogens with zero attached hydrogens (tertiary/aromatic N) is 3. The van der Waals surface area contributed by atoms with Crippen molar-refractivity contribution in [1.82, 2.24) is 9.97 Å². The number of hydrogen-bond donors (Lipinski definition) is 1. The smallest absolute Gasteiger partial charge is 0.170 e. The average Bonchev–Trinajstić information content (AvgIpc) is 3.74. The van der Waals surface area contributed by atoms with Gasteiger partial charge in [0.1, 0.15) is 11.6 Å². The number of aromatic nitrogens is 2. The van der Waals surface area contributed by atoms with Crippen LogP contribution in [0.3, 0.4) is 0 Å². The summed E-state index contributed by atoms with van der Waals surface area (Å²) in [7, 11) is 0. The molecule has 0 amide bonds. The van der Waals surface area contributed by atoms with Crippen LogP contribution in [0.15, 0.2) is 170 Å². The Bertz CT molecular complexity index is 2060. The van der Waals surface area contributed by atoms with Gasteiger partial charge in [0.25, 0.3) is 0 Å². The largest absolute Gasteiger partial charge is 0.338 e. The van der Waals surface area contributed by atoms with Gasteiger partial charge in [0.2, 0.25) is 0 Å². The Balaban J connectivity index is 1.47. The van der Waals surface area contributed by atoms with E-state index in [-0.39, 0.29) is 11.6 Å². The fourth-order valence-electron chi connectivity index (χ4n) is 6.50. The van der Waals surface area contributed by atoms with Gasteiger partial charge in [-0.05, 0) is 36.4 Å². The van der Waals surface area contributed by atoms with Gasteiger partial charge in [-0.3, -0.25) is 0 Å². The number of halogens is 2. The van der Waals surface area contributed by atoms with Crippen molar-refractivity contribution in [3.63, 3.8) is 0 Å². The van der Waals surface area contributed by atoms with Crippen LogP contribution in [0.25, 0.3) is 33.9 Å². The van der Waals surface area contributed by atoms with Crippen LogP contribution in [0, 0.1) is 11.6 Å². The van der Waals surface area contributed by atoms with Crippen molar-refractivity contribution in [3.05, 3.63) is 198 Å². The van der Waals surface area contributed by atoms with Crippen LogP contribution in [0.5, 0.6) is 0 Å². The molecule has 0 unspecified atom stereocenters. The lowest BCUT2D eigenvalue weighted by atomic mass is 10.0. The first-order valence-corrected chi connectivity index (χ1v) is 15.8. The summed E-state index contributed by atoms with van der Waals surface area (Å²) in [4.78, 5) is 13.3. The SMILES string of the molecule is Fc1cccc(N2C(c3ccccc3)=C(c3ccccc3)N(c3cccc(F)c3)C2c2nc(-c3ccccc3)c(-c3ccccc3)[nH]2)c1. The first-order valence-electron chi connectivity index (χ1n) is 15.8. The molecule has 8 rings (SSSR count). The van der Waals surface area contributed by atoms with E-state index >= 15 is 8.78 Å². The van der Waals surface area contributed by atoms with Crippen molar-refractivity contribution in [2.45, 2.75) is 6.17 Å². The molecule has 0 aliphatic carbocycles. The van der Waals surface area contributed by atoms with E-state index < -0.39 is 6.17 Å². The second-order valence-electron chi connectivity index (χ2n) is 11.6. The Morgan fingerprint density at radius 2 is 0.875 bits per heavy atom. The lowest BCUT2D eigenvalue weighted by Crippen LogP contribution is -2.33. The number of rotatable bonds is 7. The maximum atomic E-state index is 15.2. The molecule has 6 heteroatoms. The van der Waals surface area contributed by atoms with Gasteiger partial charge in [-0.1, -0.05) is 133 Å². The zero-order chi connectivity index (χ0) is 32.5. The molecule has 2 heterocycles. The molecule has 0 fully saturated rings. The molecular formula is C42H30F2N4. The van der Waals surface area contributed by atoms with E-state index in [0.29, 0.717) is 17.2 Å². The maximum absolute atomic E-state index is 15.2. The van der Waals surface area contributed by atoms with E-state index in [1.807, 2.05) is 121 Å². The number of nitrogens with one attached hydrogen (secondary N) is 1. The van der Waals surface area contributed by atoms with Crippen LogP contribution in [-0.4, -0.2) is 9.97 Å². The van der Waals surface area contributed by atoms with E-state index in [4.69, 9.17) is 4.98 Å². The van der Waals surface area contributed by atoms with Gasteiger partial charge in [0.05, 0.1) is 22.8 Å². The summed E-state index contributed by atoms with van der Waals surface area (Å²) in [5, 5.41) is 0. The monoisotopic (exact) mass is 628 g/mol. The molecule has 0 spiro atoms. The third-order valence-electron chi connectivity index (χ3n) is 8.54. The van der Waals surface area contributed by atoms with Crippen LogP contribution in [0.1, 0.15) is 23.1 Å². The number of benzene rings is 6. The molecule has 232 valence electrons. The molecule has 1 aromatic heterocycles. The van der Waals surface area contributed by atoms with Gasteiger partial charge in [-0.2, -0.15) is 0 Å². The second kappa shape index (κ2) is 12.5. The summed E-state index contributed by atoms with van der Waals surface area (Å²) in [6.45, 7) is 0. The molecule has 1 N–H and O–H groups in total. The summed E-state index contributed by atoms with van der Waals surface area (Å²) >= 11 is 0. The average molecular weight is 629 g/mol. The molecule has 0 saturated heterocycles. The highest BCUT2D eigenvalue weighted by molar-refractivity contribution is 6.06. The summed E-state index contributed by atoms with van der Waals surface area (Å²) < 4.78 is 30.3. The zero-order valence-corrected chi connectivity index (χ0v) is 25.8. The molecule has 1 aliphatic heterocycles. The highest BCUT2D eigenvalue weighted by atomic mass is 19.1. The molecule has 4 nitrogen and oxygen atoms in total. The quantitative estimate of drug-likeness (QED) is 0.191. The fourth-order valence-corrected chi connectivity index (χ4v) is 6.50. The van der Waals surface area contributed by atoms with Crippen LogP contribution < -0.4 is 9.80 Å². The molecule has 48 heavy (non-hydrogen) atoms. The van der Waals surface area contributed by atoms with Crippen molar-refractivity contribution in [1.29, 1.82) is 0 Å². The summed E-state index contributed by atoms with van der Waals surface area (Å²) in [6, 6.07) is 53.4. The Labute approximate surface area is 277 Å². The zero-order valence-electron chi connectivity index (χ0n) is 25.8. The molecule has 6 aromatic carbocycles. The lowest BCUT2D eigenvalue weighted by Gasteiger charge is -2.34. The highest BCUT2D eigenvalue weighted by Crippen LogP contribution is 2.52. The first-order chi connectivity index (χ1) is 23.7. The first kappa shape index (κ1) is 29.2. The highest BCUT2D eigenvalue weighted by Gasteiger charge is 2.44. The van der Waals surface area contributed by atoms with Gasteiger partial charge in [0, 0.05) is 33.6 Å². The van der Waals surface area contributed by atoms with Crippen molar-refractivity contribution in [2.75, 3.05) is 9.80 Å². The van der Waals surface area contributed by atoms with Crippen molar-refractivity contribution in [2.24, 2.45) is 0 Å². The summed E-state index contributed by atoms with van der Waals surface area (Å²) in [5.74, 6) is -0.113. The normalized spacial score (nSPS) is 13.4. The minimum atomic E-state index is -0.668. The molecular weight excluding hydrogens is 598 g/mol. The third-order valence-corrected chi connectivity index (χ3v) is 8.54. The number of imidazole rings is 1. The topological polar surface area (TPSA) is 35.2 Å². The van der Waals surface area contributed by atoms with Gasteiger partial charge < -0.3 is 14.8 Å². The molecule has 0 radical (unpaired) electrons. The van der Waals surface area contributed by atoms with Gasteiger partial charge in [-0.25, -0.2) is 13.8 Å². The minimum absolute atomic E-state index is 0.362. The van der Waals surface area contributed by atoms with E-state index in [0.717, 1.165) is 45.0 Å². The number of hydrogen-bond acceptors (Lipinski definition) is 3.